The molecule has 1 saturated heterocycles. The number of nitrogens with zero attached hydrogens (tertiary/aromatic N) is 4. The monoisotopic (exact) mass is 441 g/mol. The number of carbonyl (C=O) groups excluding carboxylic acids is 1. The van der Waals surface area contributed by atoms with Crippen LogP contribution < -0.4 is 10.2 Å². The number of hydrogen-bond acceptors (Lipinski definition) is 6. The normalized spacial score (nSPS) is 14.7. The maximum Gasteiger partial charge on any atom is 0.263 e. The van der Waals surface area contributed by atoms with Crippen LogP contribution in [-0.2, 0) is 6.54 Å². The lowest BCUT2D eigenvalue weighted by Crippen LogP contribution is -2.45. The number of aromatic nitrogens is 2. The fourth-order valence-corrected chi connectivity index (χ4v) is 4.65. The topological polar surface area (TPSA) is 61.4 Å². The Kier molecular flexibility index (Phi) is 6.32. The molecule has 6 nitrogen and oxygen atoms in total. The van der Waals surface area contributed by atoms with Gasteiger partial charge in [0.05, 0.1) is 5.69 Å². The van der Waals surface area contributed by atoms with Crippen molar-refractivity contribution in [2.24, 2.45) is 0 Å². The molecule has 0 unspecified atom stereocenters. The number of piperazine rings is 1. The molecular weight excluding hydrogens is 418 g/mol. The van der Waals surface area contributed by atoms with Crippen LogP contribution in [0.3, 0.4) is 0 Å². The lowest BCUT2D eigenvalue weighted by molar-refractivity contribution is 0.0954. The molecule has 0 saturated carbocycles. The molecule has 8 heteroatoms. The maximum atomic E-state index is 12.9. The van der Waals surface area contributed by atoms with Crippen LogP contribution in [-0.4, -0.2) is 54.0 Å². The van der Waals surface area contributed by atoms with Crippen molar-refractivity contribution < 1.29 is 4.79 Å². The average Bonchev–Trinajstić information content (AvgIpc) is 3.15. The summed E-state index contributed by atoms with van der Waals surface area (Å²) in [7, 11) is 2.13. The third kappa shape index (κ3) is 4.64. The van der Waals surface area contributed by atoms with E-state index in [4.69, 9.17) is 11.6 Å². The molecule has 1 aliphatic rings. The van der Waals surface area contributed by atoms with Crippen molar-refractivity contribution in [1.82, 2.24) is 20.2 Å². The minimum atomic E-state index is -0.119. The van der Waals surface area contributed by atoms with Crippen LogP contribution in [0.5, 0.6) is 0 Å². The van der Waals surface area contributed by atoms with E-state index in [0.29, 0.717) is 16.4 Å². The number of pyridine rings is 1. The maximum absolute atomic E-state index is 12.9. The summed E-state index contributed by atoms with van der Waals surface area (Å²) in [5, 5.41) is 4.49. The minimum absolute atomic E-state index is 0.119. The molecule has 1 aliphatic heterocycles. The van der Waals surface area contributed by atoms with Gasteiger partial charge in [-0.3, -0.25) is 4.79 Å². The van der Waals surface area contributed by atoms with Crippen molar-refractivity contribution in [2.45, 2.75) is 13.5 Å². The van der Waals surface area contributed by atoms with E-state index in [2.05, 4.69) is 32.1 Å². The van der Waals surface area contributed by atoms with Gasteiger partial charge in [0, 0.05) is 55.1 Å². The second-order valence-corrected chi connectivity index (χ2v) is 8.84. The van der Waals surface area contributed by atoms with Crippen LogP contribution in [0.1, 0.15) is 20.9 Å². The number of amides is 1. The lowest BCUT2D eigenvalue weighted by atomic mass is 10.2. The summed E-state index contributed by atoms with van der Waals surface area (Å²) >= 11 is 7.48. The zero-order valence-electron chi connectivity index (χ0n) is 17.1. The first-order valence-corrected chi connectivity index (χ1v) is 11.1. The molecule has 1 aromatic carbocycles. The molecule has 1 N–H and O–H groups in total. The molecule has 0 atom stereocenters. The first-order chi connectivity index (χ1) is 14.5. The van der Waals surface area contributed by atoms with Crippen molar-refractivity contribution in [3.8, 4) is 10.6 Å². The smallest absolute Gasteiger partial charge is 0.263 e. The number of hydrogen-bond donors (Lipinski definition) is 1. The van der Waals surface area contributed by atoms with E-state index in [9.17, 15) is 4.79 Å². The molecule has 4 rings (SSSR count). The molecule has 156 valence electrons. The summed E-state index contributed by atoms with van der Waals surface area (Å²) < 4.78 is 0. The van der Waals surface area contributed by atoms with Gasteiger partial charge in [-0.25, -0.2) is 9.97 Å². The summed E-state index contributed by atoms with van der Waals surface area (Å²) in [5.41, 5.74) is 2.66. The largest absolute Gasteiger partial charge is 0.354 e. The predicted molar refractivity (Wildman–Crippen MR) is 122 cm³/mol. The van der Waals surface area contributed by atoms with Crippen molar-refractivity contribution in [3.05, 3.63) is 63.8 Å². The summed E-state index contributed by atoms with van der Waals surface area (Å²) in [4.78, 5) is 27.2. The first-order valence-electron chi connectivity index (χ1n) is 9.90. The van der Waals surface area contributed by atoms with Crippen molar-refractivity contribution >= 4 is 34.7 Å². The van der Waals surface area contributed by atoms with Gasteiger partial charge in [-0.05, 0) is 32.2 Å². The van der Waals surface area contributed by atoms with Gasteiger partial charge in [-0.1, -0.05) is 29.8 Å². The number of nitrogens with one attached hydrogen (secondary N) is 1. The number of likely N-dealkylation sites (N-methyl/N-ethyl adjacent to an activating group) is 1. The highest BCUT2D eigenvalue weighted by molar-refractivity contribution is 7.17. The summed E-state index contributed by atoms with van der Waals surface area (Å²) in [5.74, 6) is 0.831. The summed E-state index contributed by atoms with van der Waals surface area (Å²) in [6, 6.07) is 11.5. The van der Waals surface area contributed by atoms with Crippen LogP contribution in [0.25, 0.3) is 10.6 Å². The van der Waals surface area contributed by atoms with E-state index in [1.807, 2.05) is 49.5 Å². The fourth-order valence-electron chi connectivity index (χ4n) is 3.48. The van der Waals surface area contributed by atoms with E-state index in [-0.39, 0.29) is 5.91 Å². The molecule has 1 amide bonds. The van der Waals surface area contributed by atoms with E-state index in [1.165, 1.54) is 11.3 Å². The Balaban J connectivity index is 1.47. The molecular formula is C22H24ClN5OS. The molecule has 0 aliphatic carbocycles. The zero-order valence-corrected chi connectivity index (χ0v) is 18.6. The van der Waals surface area contributed by atoms with Crippen LogP contribution in [0.15, 0.2) is 42.6 Å². The Morgan fingerprint density at radius 1 is 1.20 bits per heavy atom. The van der Waals surface area contributed by atoms with E-state index in [0.717, 1.165) is 53.8 Å². The van der Waals surface area contributed by atoms with E-state index < -0.39 is 0 Å². The number of anilines is 1. The van der Waals surface area contributed by atoms with Crippen LogP contribution >= 0.6 is 22.9 Å². The van der Waals surface area contributed by atoms with E-state index >= 15 is 0 Å². The highest BCUT2D eigenvalue weighted by Crippen LogP contribution is 2.29. The van der Waals surface area contributed by atoms with Crippen LogP contribution in [0, 0.1) is 6.92 Å². The lowest BCUT2D eigenvalue weighted by Gasteiger charge is -2.34. The van der Waals surface area contributed by atoms with Crippen LogP contribution in [0.4, 0.5) is 5.82 Å². The van der Waals surface area contributed by atoms with Crippen molar-refractivity contribution in [2.75, 3.05) is 38.1 Å². The number of thiazole rings is 1. The SMILES string of the molecule is Cc1nc(-c2cccc(Cl)c2)sc1C(=O)NCc1cccnc1N1CCN(C)CC1. The van der Waals surface area contributed by atoms with Crippen molar-refractivity contribution in [1.29, 1.82) is 0 Å². The van der Waals surface area contributed by atoms with Gasteiger partial charge < -0.3 is 15.1 Å². The number of aryl methyl sites for hydroxylation is 1. The molecule has 0 spiro atoms. The highest BCUT2D eigenvalue weighted by atomic mass is 35.5. The predicted octanol–water partition coefficient (Wildman–Crippen LogP) is 3.85. The van der Waals surface area contributed by atoms with Crippen LogP contribution in [0.2, 0.25) is 5.02 Å². The fraction of sp³-hybridized carbons (Fsp3) is 0.318. The van der Waals surface area contributed by atoms with Gasteiger partial charge in [-0.2, -0.15) is 0 Å². The Bertz CT molecular complexity index is 1050. The van der Waals surface area contributed by atoms with E-state index in [1.54, 1.807) is 0 Å². The average molecular weight is 442 g/mol. The molecule has 3 heterocycles. The molecule has 3 aromatic rings. The third-order valence-corrected chi connectivity index (χ3v) is 6.62. The highest BCUT2D eigenvalue weighted by Gasteiger charge is 2.20. The van der Waals surface area contributed by atoms with Gasteiger partial charge in [0.2, 0.25) is 0 Å². The number of halogens is 1. The second kappa shape index (κ2) is 9.12. The Morgan fingerprint density at radius 2 is 2.00 bits per heavy atom. The first kappa shape index (κ1) is 20.8. The summed E-state index contributed by atoms with van der Waals surface area (Å²) in [6.45, 7) is 6.18. The standard InChI is InChI=1S/C22H24ClN5OS/c1-15-19(30-22(26-15)16-5-3-7-18(23)13-16)21(29)25-14-17-6-4-8-24-20(17)28-11-9-27(2)10-12-28/h3-8,13H,9-12,14H2,1-2H3,(H,25,29). The molecule has 0 bridgehead atoms. The number of benzene rings is 1. The third-order valence-electron chi connectivity index (χ3n) is 5.18. The minimum Gasteiger partial charge on any atom is -0.354 e. The molecule has 30 heavy (non-hydrogen) atoms. The zero-order chi connectivity index (χ0) is 21.1. The Hall–Kier alpha value is -2.48. The molecule has 1 fully saturated rings. The van der Waals surface area contributed by atoms with Gasteiger partial charge in [-0.15, -0.1) is 11.3 Å². The van der Waals surface area contributed by atoms with Gasteiger partial charge >= 0.3 is 0 Å². The Labute approximate surface area is 185 Å². The summed E-state index contributed by atoms with van der Waals surface area (Å²) in [6.07, 6.45) is 1.81. The number of rotatable bonds is 5. The number of carbonyl (C=O) groups is 1. The Morgan fingerprint density at radius 3 is 2.77 bits per heavy atom. The molecule has 2 aromatic heterocycles. The van der Waals surface area contributed by atoms with Gasteiger partial charge in [0.15, 0.2) is 0 Å². The molecule has 0 radical (unpaired) electrons. The quantitative estimate of drug-likeness (QED) is 0.651. The van der Waals surface area contributed by atoms with Gasteiger partial charge in [0.25, 0.3) is 5.91 Å². The second-order valence-electron chi connectivity index (χ2n) is 7.40. The van der Waals surface area contributed by atoms with Crippen molar-refractivity contribution in [3.63, 3.8) is 0 Å². The van der Waals surface area contributed by atoms with Gasteiger partial charge in [0.1, 0.15) is 15.7 Å².